The van der Waals surface area contributed by atoms with E-state index in [1.165, 1.54) is 17.3 Å². The number of hydrogen-bond acceptors (Lipinski definition) is 3. The van der Waals surface area contributed by atoms with Gasteiger partial charge in [-0.1, -0.05) is 19.1 Å². The molecule has 2 nitrogen and oxygen atoms in total. The van der Waals surface area contributed by atoms with Crippen molar-refractivity contribution in [1.82, 2.24) is 0 Å². The molecule has 0 saturated heterocycles. The second-order valence-corrected chi connectivity index (χ2v) is 4.10. The van der Waals surface area contributed by atoms with E-state index in [-0.39, 0.29) is 0 Å². The van der Waals surface area contributed by atoms with Gasteiger partial charge in [0, 0.05) is 5.75 Å². The zero-order chi connectivity index (χ0) is 10.4. The van der Waals surface area contributed by atoms with E-state index in [1.807, 2.05) is 12.1 Å². The second-order valence-electron chi connectivity index (χ2n) is 3.22. The third-order valence-electron chi connectivity index (χ3n) is 2.18. The van der Waals surface area contributed by atoms with E-state index in [2.05, 4.69) is 12.3 Å². The first-order chi connectivity index (χ1) is 6.74. The molecule has 1 unspecified atom stereocenters. The van der Waals surface area contributed by atoms with Gasteiger partial charge in [0.25, 0.3) is 0 Å². The van der Waals surface area contributed by atoms with Gasteiger partial charge in [0.15, 0.2) is 0 Å². The third kappa shape index (κ3) is 3.31. The Bertz CT molecular complexity index is 315. The topological polar surface area (TPSA) is 44.0 Å². The molecule has 1 atom stereocenters. The lowest BCUT2D eigenvalue weighted by Gasteiger charge is -2.09. The Kier molecular flexibility index (Phi) is 4.34. The van der Waals surface area contributed by atoms with Gasteiger partial charge in [-0.05, 0) is 41.8 Å². The Hall–Kier alpha value is -1.14. The Balaban J connectivity index is 2.48. The minimum Gasteiger partial charge on any atom is -0.508 e. The van der Waals surface area contributed by atoms with Crippen LogP contribution in [0.25, 0.3) is 0 Å². The van der Waals surface area contributed by atoms with E-state index in [0.717, 1.165) is 12.2 Å². The van der Waals surface area contributed by atoms with Gasteiger partial charge >= 0.3 is 0 Å². The molecule has 0 heterocycles. The van der Waals surface area contributed by atoms with E-state index in [9.17, 15) is 0 Å². The molecule has 1 aromatic rings. The molecule has 3 heteroatoms. The zero-order valence-electron chi connectivity index (χ0n) is 8.10. The Labute approximate surface area is 88.6 Å². The van der Waals surface area contributed by atoms with Crippen molar-refractivity contribution in [3.05, 3.63) is 29.8 Å². The summed E-state index contributed by atoms with van der Waals surface area (Å²) < 4.78 is 0. The van der Waals surface area contributed by atoms with Gasteiger partial charge in [-0.25, -0.2) is 0 Å². The lowest BCUT2D eigenvalue weighted by Crippen LogP contribution is -1.94. The Morgan fingerprint density at radius 2 is 2.07 bits per heavy atom. The van der Waals surface area contributed by atoms with Crippen molar-refractivity contribution >= 4 is 11.8 Å². The smallest absolute Gasteiger partial charge is 0.133 e. The fraction of sp³-hybridized carbons (Fsp3) is 0.364. The van der Waals surface area contributed by atoms with E-state index in [1.54, 1.807) is 12.1 Å². The Morgan fingerprint density at radius 1 is 1.43 bits per heavy atom. The summed E-state index contributed by atoms with van der Waals surface area (Å²) in [6.07, 6.45) is 0.989. The van der Waals surface area contributed by atoms with Crippen molar-refractivity contribution in [2.24, 2.45) is 0 Å². The van der Waals surface area contributed by atoms with Gasteiger partial charge in [-0.2, -0.15) is 5.26 Å². The number of aromatic hydroxyl groups is 1. The van der Waals surface area contributed by atoms with E-state index < -0.39 is 0 Å². The molecule has 0 spiro atoms. The van der Waals surface area contributed by atoms with Crippen LogP contribution in [0.5, 0.6) is 5.75 Å². The first-order valence-corrected chi connectivity index (χ1v) is 5.52. The molecule has 0 aliphatic heterocycles. The molecule has 0 aliphatic rings. The average molecular weight is 207 g/mol. The zero-order valence-corrected chi connectivity index (χ0v) is 8.92. The second kappa shape index (κ2) is 5.56. The number of rotatable bonds is 4. The average Bonchev–Trinajstić information content (AvgIpc) is 2.19. The van der Waals surface area contributed by atoms with Crippen LogP contribution in [0.2, 0.25) is 0 Å². The maximum atomic E-state index is 9.11. The quantitative estimate of drug-likeness (QED) is 0.609. The van der Waals surface area contributed by atoms with Gasteiger partial charge < -0.3 is 5.11 Å². The third-order valence-corrected chi connectivity index (χ3v) is 2.75. The first-order valence-electron chi connectivity index (χ1n) is 4.54. The van der Waals surface area contributed by atoms with Gasteiger partial charge in [-0.15, -0.1) is 0 Å². The van der Waals surface area contributed by atoms with Crippen LogP contribution in [0.4, 0.5) is 0 Å². The lowest BCUT2D eigenvalue weighted by atomic mass is 9.99. The number of benzene rings is 1. The normalized spacial score (nSPS) is 12.0. The maximum absolute atomic E-state index is 9.11. The lowest BCUT2D eigenvalue weighted by molar-refractivity contribution is 0.475. The van der Waals surface area contributed by atoms with E-state index in [4.69, 9.17) is 10.4 Å². The van der Waals surface area contributed by atoms with Crippen molar-refractivity contribution in [2.45, 2.75) is 19.3 Å². The molecule has 0 bridgehead atoms. The van der Waals surface area contributed by atoms with Crippen molar-refractivity contribution < 1.29 is 5.11 Å². The molecule has 0 saturated carbocycles. The fourth-order valence-electron chi connectivity index (χ4n) is 1.25. The largest absolute Gasteiger partial charge is 0.508 e. The summed E-state index contributed by atoms with van der Waals surface area (Å²) in [5, 5.41) is 19.5. The molecule has 1 N–H and O–H groups in total. The molecular formula is C11H13NOS. The molecule has 0 radical (unpaired) electrons. The highest BCUT2D eigenvalue weighted by molar-refractivity contribution is 8.03. The van der Waals surface area contributed by atoms with Crippen LogP contribution >= 0.6 is 11.8 Å². The van der Waals surface area contributed by atoms with E-state index >= 15 is 0 Å². The number of phenols is 1. The number of nitrogens with zero attached hydrogens (tertiary/aromatic N) is 1. The summed E-state index contributed by atoms with van der Waals surface area (Å²) in [4.78, 5) is 0. The minimum absolute atomic E-state index is 0.298. The number of phenolic OH excluding ortho intramolecular Hbond substituents is 1. The summed E-state index contributed by atoms with van der Waals surface area (Å²) in [5.74, 6) is 1.60. The molecule has 14 heavy (non-hydrogen) atoms. The molecular weight excluding hydrogens is 194 g/mol. The number of nitriles is 1. The number of hydrogen-bond donors (Lipinski definition) is 1. The molecule has 0 fully saturated rings. The van der Waals surface area contributed by atoms with Gasteiger partial charge in [-0.3, -0.25) is 0 Å². The van der Waals surface area contributed by atoms with Gasteiger partial charge in [0.05, 0.1) is 0 Å². The summed E-state index contributed by atoms with van der Waals surface area (Å²) in [5.41, 5.74) is 1.21. The minimum atomic E-state index is 0.298. The maximum Gasteiger partial charge on any atom is 0.133 e. The fourth-order valence-corrected chi connectivity index (χ4v) is 1.81. The molecule has 1 aromatic carbocycles. The first kappa shape index (κ1) is 10.9. The van der Waals surface area contributed by atoms with Crippen LogP contribution in [-0.4, -0.2) is 10.9 Å². The monoisotopic (exact) mass is 207 g/mol. The molecule has 1 rings (SSSR count). The van der Waals surface area contributed by atoms with Crippen LogP contribution in [0.3, 0.4) is 0 Å². The summed E-state index contributed by atoms with van der Waals surface area (Å²) in [7, 11) is 0. The highest BCUT2D eigenvalue weighted by atomic mass is 32.2. The summed E-state index contributed by atoms with van der Waals surface area (Å²) in [6.45, 7) is 2.13. The number of thioether (sulfide) groups is 1. The van der Waals surface area contributed by atoms with Gasteiger partial charge in [0.1, 0.15) is 11.2 Å². The Morgan fingerprint density at radius 3 is 2.64 bits per heavy atom. The van der Waals surface area contributed by atoms with Crippen LogP contribution in [0, 0.1) is 10.7 Å². The van der Waals surface area contributed by atoms with E-state index in [0.29, 0.717) is 11.7 Å². The highest BCUT2D eigenvalue weighted by Gasteiger charge is 2.04. The predicted octanol–water partition coefficient (Wildman–Crippen LogP) is 3.10. The molecule has 0 aliphatic carbocycles. The standard InChI is InChI=1S/C11H13NOS/c1-9(6-7-14-8-12)10-2-4-11(13)5-3-10/h2-5,9,13H,6-7H2,1H3. The van der Waals surface area contributed by atoms with Crippen LogP contribution in [-0.2, 0) is 0 Å². The predicted molar refractivity (Wildman–Crippen MR) is 59.2 cm³/mol. The number of thiocyanates is 1. The van der Waals surface area contributed by atoms with Crippen molar-refractivity contribution in [2.75, 3.05) is 5.75 Å². The highest BCUT2D eigenvalue weighted by Crippen LogP contribution is 2.22. The molecule has 0 amide bonds. The summed E-state index contributed by atoms with van der Waals surface area (Å²) in [6, 6.07) is 7.25. The van der Waals surface area contributed by atoms with Crippen LogP contribution in [0.15, 0.2) is 24.3 Å². The van der Waals surface area contributed by atoms with Gasteiger partial charge in [0.2, 0.25) is 0 Å². The van der Waals surface area contributed by atoms with Crippen molar-refractivity contribution in [3.63, 3.8) is 0 Å². The van der Waals surface area contributed by atoms with Crippen LogP contribution < -0.4 is 0 Å². The summed E-state index contributed by atoms with van der Waals surface area (Å²) >= 11 is 1.29. The van der Waals surface area contributed by atoms with Crippen molar-refractivity contribution in [3.8, 4) is 11.2 Å². The molecule has 74 valence electrons. The van der Waals surface area contributed by atoms with Crippen LogP contribution in [0.1, 0.15) is 24.8 Å². The SMILES string of the molecule is CC(CCSC#N)c1ccc(O)cc1. The van der Waals surface area contributed by atoms with Crippen molar-refractivity contribution in [1.29, 1.82) is 5.26 Å². The molecule has 0 aromatic heterocycles.